The largest absolute Gasteiger partial charge is 0.497 e. The molecule has 0 aromatic heterocycles. The summed E-state index contributed by atoms with van der Waals surface area (Å²) in [5, 5.41) is 0. The van der Waals surface area contributed by atoms with E-state index in [1.807, 2.05) is 45.0 Å². The summed E-state index contributed by atoms with van der Waals surface area (Å²) in [6.07, 6.45) is 3.47. The lowest BCUT2D eigenvalue weighted by molar-refractivity contribution is -0.151. The van der Waals surface area contributed by atoms with Crippen molar-refractivity contribution < 1.29 is 23.8 Å². The van der Waals surface area contributed by atoms with Crippen LogP contribution in [0.15, 0.2) is 24.3 Å². The number of aryl methyl sites for hydroxylation is 1. The van der Waals surface area contributed by atoms with Crippen LogP contribution in [0.25, 0.3) is 0 Å². The van der Waals surface area contributed by atoms with Crippen LogP contribution >= 0.6 is 0 Å². The average Bonchev–Trinajstić information content (AvgIpc) is 2.64. The lowest BCUT2D eigenvalue weighted by Gasteiger charge is -2.35. The van der Waals surface area contributed by atoms with Crippen LogP contribution in [0.2, 0.25) is 0 Å². The van der Waals surface area contributed by atoms with Crippen molar-refractivity contribution in [2.24, 2.45) is 0 Å². The van der Waals surface area contributed by atoms with Crippen LogP contribution in [-0.4, -0.2) is 48.9 Å². The molecule has 0 radical (unpaired) electrons. The molecular formula is C21H31NO5. The molecule has 1 aliphatic rings. The third-order valence-corrected chi connectivity index (χ3v) is 4.39. The lowest BCUT2D eigenvalue weighted by Crippen LogP contribution is -2.50. The molecule has 2 rings (SSSR count). The summed E-state index contributed by atoms with van der Waals surface area (Å²) in [5.41, 5.74) is 0.554. The number of carbonyl (C=O) groups excluding carboxylic acids is 2. The van der Waals surface area contributed by atoms with Gasteiger partial charge in [-0.25, -0.2) is 9.59 Å². The first-order valence-corrected chi connectivity index (χ1v) is 9.59. The Morgan fingerprint density at radius 2 is 2.00 bits per heavy atom. The van der Waals surface area contributed by atoms with Crippen molar-refractivity contribution >= 4 is 12.1 Å². The molecule has 27 heavy (non-hydrogen) atoms. The highest BCUT2D eigenvalue weighted by Crippen LogP contribution is 2.21. The van der Waals surface area contributed by atoms with Crippen LogP contribution in [0.5, 0.6) is 5.75 Å². The van der Waals surface area contributed by atoms with Crippen molar-refractivity contribution in [1.29, 1.82) is 0 Å². The van der Waals surface area contributed by atoms with Crippen molar-refractivity contribution in [2.45, 2.75) is 64.5 Å². The molecule has 6 nitrogen and oxygen atoms in total. The van der Waals surface area contributed by atoms with E-state index in [4.69, 9.17) is 14.2 Å². The molecule has 0 aliphatic carbocycles. The van der Waals surface area contributed by atoms with Crippen LogP contribution < -0.4 is 4.74 Å². The van der Waals surface area contributed by atoms with Crippen LogP contribution in [0, 0.1) is 0 Å². The summed E-state index contributed by atoms with van der Waals surface area (Å²) in [4.78, 5) is 26.4. The Bertz CT molecular complexity index is 638. The molecule has 0 spiro atoms. The van der Waals surface area contributed by atoms with Crippen molar-refractivity contribution in [3.63, 3.8) is 0 Å². The van der Waals surface area contributed by atoms with Crippen LogP contribution in [0.4, 0.5) is 4.79 Å². The van der Waals surface area contributed by atoms with Gasteiger partial charge in [0.15, 0.2) is 0 Å². The number of methoxy groups -OCH3 is 1. The second-order valence-electron chi connectivity index (χ2n) is 7.81. The maximum absolute atomic E-state index is 12.5. The number of benzene rings is 1. The molecule has 6 heteroatoms. The van der Waals surface area contributed by atoms with Gasteiger partial charge in [0.2, 0.25) is 0 Å². The second-order valence-corrected chi connectivity index (χ2v) is 7.81. The molecule has 1 amide bonds. The zero-order chi connectivity index (χ0) is 19.9. The Morgan fingerprint density at radius 3 is 2.70 bits per heavy atom. The molecule has 1 aliphatic heterocycles. The quantitative estimate of drug-likeness (QED) is 0.555. The molecule has 0 bridgehead atoms. The van der Waals surface area contributed by atoms with E-state index in [1.54, 1.807) is 7.11 Å². The van der Waals surface area contributed by atoms with E-state index in [1.165, 1.54) is 4.90 Å². The smallest absolute Gasteiger partial charge is 0.411 e. The van der Waals surface area contributed by atoms with Gasteiger partial charge in [-0.2, -0.15) is 0 Å². The number of piperidine rings is 1. The highest BCUT2D eigenvalue weighted by atomic mass is 16.6. The van der Waals surface area contributed by atoms with E-state index in [9.17, 15) is 9.59 Å². The zero-order valence-corrected chi connectivity index (χ0v) is 16.8. The highest BCUT2D eigenvalue weighted by Gasteiger charge is 2.35. The molecule has 0 saturated carbocycles. The van der Waals surface area contributed by atoms with Gasteiger partial charge in [0.1, 0.15) is 17.4 Å². The number of carbonyl (C=O) groups is 2. The molecule has 0 N–H and O–H groups in total. The average molecular weight is 377 g/mol. The molecule has 1 heterocycles. The van der Waals surface area contributed by atoms with Crippen molar-refractivity contribution in [2.75, 3.05) is 20.3 Å². The van der Waals surface area contributed by atoms with Gasteiger partial charge in [-0.15, -0.1) is 0 Å². The lowest BCUT2D eigenvalue weighted by atomic mass is 10.0. The fourth-order valence-electron chi connectivity index (χ4n) is 3.09. The Morgan fingerprint density at radius 1 is 1.22 bits per heavy atom. The second kappa shape index (κ2) is 9.62. The van der Waals surface area contributed by atoms with Crippen LogP contribution in [0.3, 0.4) is 0 Å². The van der Waals surface area contributed by atoms with E-state index in [-0.39, 0.29) is 5.97 Å². The Kier molecular flexibility index (Phi) is 7.51. The predicted molar refractivity (Wildman–Crippen MR) is 103 cm³/mol. The summed E-state index contributed by atoms with van der Waals surface area (Å²) in [6, 6.07) is 7.30. The molecule has 1 aromatic rings. The normalized spacial score (nSPS) is 17.3. The minimum Gasteiger partial charge on any atom is -0.497 e. The number of esters is 1. The monoisotopic (exact) mass is 377 g/mol. The van der Waals surface area contributed by atoms with Crippen molar-refractivity contribution in [3.8, 4) is 5.75 Å². The number of ether oxygens (including phenoxy) is 3. The van der Waals surface area contributed by atoms with Gasteiger partial charge < -0.3 is 14.2 Å². The first-order valence-electron chi connectivity index (χ1n) is 9.59. The number of amides is 1. The first-order chi connectivity index (χ1) is 12.8. The summed E-state index contributed by atoms with van der Waals surface area (Å²) in [7, 11) is 1.64. The maximum Gasteiger partial charge on any atom is 0.411 e. The van der Waals surface area contributed by atoms with Crippen LogP contribution in [0.1, 0.15) is 52.0 Å². The number of hydrogen-bond donors (Lipinski definition) is 0. The van der Waals surface area contributed by atoms with Gasteiger partial charge in [-0.05, 0) is 70.6 Å². The highest BCUT2D eigenvalue weighted by molar-refractivity contribution is 5.81. The van der Waals surface area contributed by atoms with E-state index in [0.29, 0.717) is 19.6 Å². The van der Waals surface area contributed by atoms with Crippen molar-refractivity contribution in [3.05, 3.63) is 29.8 Å². The van der Waals surface area contributed by atoms with E-state index >= 15 is 0 Å². The molecule has 1 fully saturated rings. The summed E-state index contributed by atoms with van der Waals surface area (Å²) in [6.45, 7) is 6.31. The summed E-state index contributed by atoms with van der Waals surface area (Å²) >= 11 is 0. The third-order valence-electron chi connectivity index (χ3n) is 4.39. The molecule has 1 atom stereocenters. The molecule has 0 unspecified atom stereocenters. The van der Waals surface area contributed by atoms with Gasteiger partial charge >= 0.3 is 12.1 Å². The van der Waals surface area contributed by atoms with Crippen LogP contribution in [-0.2, 0) is 20.7 Å². The van der Waals surface area contributed by atoms with Gasteiger partial charge in [-0.1, -0.05) is 12.1 Å². The van der Waals surface area contributed by atoms with Gasteiger partial charge in [0.25, 0.3) is 0 Å². The number of nitrogens with zero attached hydrogens (tertiary/aromatic N) is 1. The molecule has 1 aromatic carbocycles. The molecular weight excluding hydrogens is 346 g/mol. The minimum atomic E-state index is -0.584. The number of hydrogen-bond acceptors (Lipinski definition) is 5. The zero-order valence-electron chi connectivity index (χ0n) is 16.8. The molecule has 1 saturated heterocycles. The van der Waals surface area contributed by atoms with Gasteiger partial charge in [0, 0.05) is 6.54 Å². The SMILES string of the molecule is COc1cccc(CCCOC(=O)[C@@H]2CCCCN2C(=O)OC(C)(C)C)c1. The fraction of sp³-hybridized carbons (Fsp3) is 0.619. The predicted octanol–water partition coefficient (Wildman–Crippen LogP) is 3.96. The minimum absolute atomic E-state index is 0.328. The maximum atomic E-state index is 12.5. The summed E-state index contributed by atoms with van der Waals surface area (Å²) < 4.78 is 16.1. The fourth-order valence-corrected chi connectivity index (χ4v) is 3.09. The van der Waals surface area contributed by atoms with E-state index in [0.717, 1.165) is 37.0 Å². The molecule has 150 valence electrons. The van der Waals surface area contributed by atoms with E-state index in [2.05, 4.69) is 0 Å². The Labute approximate surface area is 161 Å². The first kappa shape index (κ1) is 21.1. The van der Waals surface area contributed by atoms with Crippen molar-refractivity contribution in [1.82, 2.24) is 4.90 Å². The number of likely N-dealkylation sites (tertiary alicyclic amines) is 1. The standard InChI is InChI=1S/C21H31NO5/c1-21(2,3)27-20(24)22-13-6-5-12-18(22)19(23)26-14-8-10-16-9-7-11-17(15-16)25-4/h7,9,11,15,18H,5-6,8,10,12-14H2,1-4H3/t18-/m0/s1. The van der Waals surface area contributed by atoms with Gasteiger partial charge in [-0.3, -0.25) is 4.90 Å². The van der Waals surface area contributed by atoms with E-state index < -0.39 is 17.7 Å². The Hall–Kier alpha value is -2.24. The third kappa shape index (κ3) is 6.77. The summed E-state index contributed by atoms with van der Waals surface area (Å²) in [5.74, 6) is 0.478. The number of rotatable bonds is 6. The topological polar surface area (TPSA) is 65.1 Å². The van der Waals surface area contributed by atoms with Gasteiger partial charge in [0.05, 0.1) is 13.7 Å². The Balaban J connectivity index is 1.82.